The maximum atomic E-state index is 8.86. The standard InChI is InChI=1S/C10H18N2O/c1-4-5-12-7-8(2)10(11-13)6-9(12)3/h4,9,11,13H,1,5-7H2,2-3H3/p+1/t9-/m1/s1. The van der Waals surface area contributed by atoms with Crippen molar-refractivity contribution in [3.63, 3.8) is 0 Å². The normalized spacial score (nSPS) is 28.8. The SMILES string of the molecule is C=CC[NH+]1CC(C)=C(NO)C[C@H]1C. The van der Waals surface area contributed by atoms with Gasteiger partial charge in [0.05, 0.1) is 12.6 Å². The lowest BCUT2D eigenvalue weighted by molar-refractivity contribution is -0.915. The molecule has 0 radical (unpaired) electrons. The summed E-state index contributed by atoms with van der Waals surface area (Å²) in [7, 11) is 0. The number of hydrogen-bond acceptors (Lipinski definition) is 2. The quantitative estimate of drug-likeness (QED) is 0.429. The van der Waals surface area contributed by atoms with E-state index in [4.69, 9.17) is 5.21 Å². The van der Waals surface area contributed by atoms with Crippen LogP contribution in [-0.2, 0) is 0 Å². The topological polar surface area (TPSA) is 36.7 Å². The van der Waals surface area contributed by atoms with E-state index in [1.54, 1.807) is 0 Å². The Morgan fingerprint density at radius 2 is 2.46 bits per heavy atom. The van der Waals surface area contributed by atoms with Crippen LogP contribution in [-0.4, -0.2) is 24.3 Å². The fraction of sp³-hybridized carbons (Fsp3) is 0.600. The molecule has 0 saturated heterocycles. The number of hydrogen-bond donors (Lipinski definition) is 3. The van der Waals surface area contributed by atoms with Gasteiger partial charge in [-0.2, -0.15) is 0 Å². The summed E-state index contributed by atoms with van der Waals surface area (Å²) in [6.07, 6.45) is 2.88. The average molecular weight is 183 g/mol. The fourth-order valence-corrected chi connectivity index (χ4v) is 1.85. The van der Waals surface area contributed by atoms with Crippen LogP contribution < -0.4 is 10.4 Å². The Hall–Kier alpha value is -0.800. The highest BCUT2D eigenvalue weighted by Crippen LogP contribution is 2.09. The molecule has 2 atom stereocenters. The third-order valence-electron chi connectivity index (χ3n) is 2.76. The lowest BCUT2D eigenvalue weighted by Gasteiger charge is -2.31. The molecule has 0 aromatic heterocycles. The lowest BCUT2D eigenvalue weighted by Crippen LogP contribution is -3.16. The third kappa shape index (κ3) is 2.32. The molecule has 0 aromatic rings. The lowest BCUT2D eigenvalue weighted by atomic mass is 10.0. The monoisotopic (exact) mass is 183 g/mol. The fourth-order valence-electron chi connectivity index (χ4n) is 1.85. The average Bonchev–Trinajstić information content (AvgIpc) is 2.11. The van der Waals surface area contributed by atoms with E-state index >= 15 is 0 Å². The Morgan fingerprint density at radius 3 is 3.00 bits per heavy atom. The minimum atomic E-state index is 0.552. The van der Waals surface area contributed by atoms with E-state index in [0.29, 0.717) is 6.04 Å². The van der Waals surface area contributed by atoms with Crippen LogP contribution in [0.3, 0.4) is 0 Å². The van der Waals surface area contributed by atoms with Crippen molar-refractivity contribution >= 4 is 0 Å². The van der Waals surface area contributed by atoms with Crippen molar-refractivity contribution in [2.45, 2.75) is 26.3 Å². The predicted molar refractivity (Wildman–Crippen MR) is 52.6 cm³/mol. The summed E-state index contributed by atoms with van der Waals surface area (Å²) in [5.74, 6) is 0. The first-order valence-electron chi connectivity index (χ1n) is 4.73. The van der Waals surface area contributed by atoms with Crippen LogP contribution in [0.25, 0.3) is 0 Å². The van der Waals surface area contributed by atoms with Crippen molar-refractivity contribution < 1.29 is 10.1 Å². The first-order valence-corrected chi connectivity index (χ1v) is 4.73. The van der Waals surface area contributed by atoms with Crippen LogP contribution in [0.1, 0.15) is 20.3 Å². The molecule has 3 N–H and O–H groups in total. The Morgan fingerprint density at radius 1 is 1.77 bits per heavy atom. The van der Waals surface area contributed by atoms with E-state index in [1.165, 1.54) is 10.5 Å². The molecule has 0 bridgehead atoms. The van der Waals surface area contributed by atoms with Gasteiger partial charge in [-0.1, -0.05) is 6.58 Å². The third-order valence-corrected chi connectivity index (χ3v) is 2.76. The van der Waals surface area contributed by atoms with Gasteiger partial charge >= 0.3 is 0 Å². The molecule has 3 heteroatoms. The highest BCUT2D eigenvalue weighted by Gasteiger charge is 2.24. The van der Waals surface area contributed by atoms with Gasteiger partial charge in [-0.05, 0) is 19.9 Å². The van der Waals surface area contributed by atoms with E-state index in [-0.39, 0.29) is 0 Å². The molecular weight excluding hydrogens is 164 g/mol. The van der Waals surface area contributed by atoms with Crippen molar-refractivity contribution in [1.29, 1.82) is 0 Å². The highest BCUT2D eigenvalue weighted by molar-refractivity contribution is 5.11. The van der Waals surface area contributed by atoms with Crippen LogP contribution in [0, 0.1) is 0 Å². The predicted octanol–water partition coefficient (Wildman–Crippen LogP) is 0.102. The van der Waals surface area contributed by atoms with Crippen LogP contribution in [0.4, 0.5) is 0 Å². The second-order valence-electron chi connectivity index (χ2n) is 3.80. The summed E-state index contributed by atoms with van der Waals surface area (Å²) in [5, 5.41) is 8.86. The summed E-state index contributed by atoms with van der Waals surface area (Å²) < 4.78 is 0. The van der Waals surface area contributed by atoms with Gasteiger partial charge in [-0.25, -0.2) is 0 Å². The molecule has 1 heterocycles. The number of rotatable bonds is 3. The zero-order chi connectivity index (χ0) is 9.84. The van der Waals surface area contributed by atoms with Crippen molar-refractivity contribution in [3.05, 3.63) is 23.9 Å². The molecule has 0 aliphatic carbocycles. The minimum absolute atomic E-state index is 0.552. The molecule has 0 aromatic carbocycles. The smallest absolute Gasteiger partial charge is 0.101 e. The van der Waals surface area contributed by atoms with Gasteiger partial charge in [-0.3, -0.25) is 10.7 Å². The first kappa shape index (κ1) is 10.3. The van der Waals surface area contributed by atoms with Crippen molar-refractivity contribution in [2.24, 2.45) is 0 Å². The van der Waals surface area contributed by atoms with Crippen molar-refractivity contribution in [1.82, 2.24) is 5.48 Å². The number of nitrogens with one attached hydrogen (secondary N) is 2. The maximum absolute atomic E-state index is 8.86. The zero-order valence-corrected chi connectivity index (χ0v) is 8.43. The molecule has 0 saturated carbocycles. The van der Waals surface area contributed by atoms with E-state index in [0.717, 1.165) is 25.2 Å². The molecule has 3 nitrogen and oxygen atoms in total. The molecule has 0 fully saturated rings. The summed E-state index contributed by atoms with van der Waals surface area (Å²) in [6.45, 7) is 10.0. The highest BCUT2D eigenvalue weighted by atomic mass is 16.5. The Kier molecular flexibility index (Phi) is 3.51. The van der Waals surface area contributed by atoms with E-state index in [1.807, 2.05) is 6.08 Å². The summed E-state index contributed by atoms with van der Waals surface area (Å²) in [4.78, 5) is 1.52. The molecule has 0 spiro atoms. The van der Waals surface area contributed by atoms with Gasteiger partial charge in [0.15, 0.2) is 0 Å². The maximum Gasteiger partial charge on any atom is 0.101 e. The van der Waals surface area contributed by atoms with E-state index in [2.05, 4.69) is 25.9 Å². The Balaban J connectivity index is 2.67. The van der Waals surface area contributed by atoms with Gasteiger partial charge in [0.2, 0.25) is 0 Å². The molecule has 1 aliphatic heterocycles. The molecule has 1 unspecified atom stereocenters. The molecule has 13 heavy (non-hydrogen) atoms. The van der Waals surface area contributed by atoms with Gasteiger partial charge in [0, 0.05) is 17.7 Å². The van der Waals surface area contributed by atoms with Crippen LogP contribution in [0.15, 0.2) is 23.9 Å². The second kappa shape index (κ2) is 4.44. The summed E-state index contributed by atoms with van der Waals surface area (Å²) in [5.41, 5.74) is 4.52. The molecular formula is C10H19N2O+. The van der Waals surface area contributed by atoms with Crippen LogP contribution >= 0.6 is 0 Å². The molecule has 0 amide bonds. The Labute approximate surface area is 79.7 Å². The van der Waals surface area contributed by atoms with Crippen LogP contribution in [0.2, 0.25) is 0 Å². The second-order valence-corrected chi connectivity index (χ2v) is 3.80. The largest absolute Gasteiger partial charge is 0.326 e. The molecule has 1 aliphatic rings. The van der Waals surface area contributed by atoms with Gasteiger partial charge in [0.1, 0.15) is 6.54 Å². The van der Waals surface area contributed by atoms with E-state index in [9.17, 15) is 0 Å². The first-order chi connectivity index (χ1) is 6.19. The Bertz CT molecular complexity index is 223. The van der Waals surface area contributed by atoms with Crippen molar-refractivity contribution in [2.75, 3.05) is 13.1 Å². The number of quaternary nitrogens is 1. The van der Waals surface area contributed by atoms with E-state index < -0.39 is 0 Å². The summed E-state index contributed by atoms with van der Waals surface area (Å²) >= 11 is 0. The minimum Gasteiger partial charge on any atom is -0.326 e. The summed E-state index contributed by atoms with van der Waals surface area (Å²) in [6, 6.07) is 0.552. The molecule has 1 rings (SSSR count). The zero-order valence-electron chi connectivity index (χ0n) is 8.43. The van der Waals surface area contributed by atoms with Gasteiger partial charge < -0.3 is 4.90 Å². The van der Waals surface area contributed by atoms with Crippen molar-refractivity contribution in [3.8, 4) is 0 Å². The number of hydroxylamine groups is 1. The van der Waals surface area contributed by atoms with Gasteiger partial charge in [0.25, 0.3) is 0 Å². The van der Waals surface area contributed by atoms with Gasteiger partial charge in [-0.15, -0.1) is 0 Å². The molecule has 74 valence electrons. The van der Waals surface area contributed by atoms with Crippen LogP contribution in [0.5, 0.6) is 0 Å².